The van der Waals surface area contributed by atoms with Crippen LogP contribution in [0.15, 0.2) is 47.5 Å². The third kappa shape index (κ3) is 5.07. The van der Waals surface area contributed by atoms with Crippen molar-refractivity contribution >= 4 is 44.1 Å². The Bertz CT molecular complexity index is 1660. The zero-order valence-corrected chi connectivity index (χ0v) is 21.2. The molecule has 1 aromatic carbocycles. The first-order valence-corrected chi connectivity index (χ1v) is 13.7. The Morgan fingerprint density at radius 1 is 1.28 bits per heavy atom. The van der Waals surface area contributed by atoms with Crippen molar-refractivity contribution < 1.29 is 17.9 Å². The van der Waals surface area contributed by atoms with Gasteiger partial charge in [-0.2, -0.15) is 5.10 Å². The van der Waals surface area contributed by atoms with E-state index in [4.69, 9.17) is 16.3 Å². The first kappa shape index (κ1) is 24.3. The molecule has 0 aliphatic heterocycles. The highest BCUT2D eigenvalue weighted by atomic mass is 35.5. The van der Waals surface area contributed by atoms with Crippen molar-refractivity contribution in [1.82, 2.24) is 23.9 Å². The number of nitrogens with zero attached hydrogens (tertiary/aromatic N) is 4. The topological polar surface area (TPSA) is 125 Å². The SMILES string of the molecule is CC(C(=O)NS(C)(=O)=O)c1nn(Cc2cn3cc(OCC4CC4)c(Cl)cc3n2)c2ccccc2c1=O. The zero-order chi connectivity index (χ0) is 25.6. The van der Waals surface area contributed by atoms with Crippen LogP contribution in [0.1, 0.15) is 37.1 Å². The Balaban J connectivity index is 1.51. The number of hydrogen-bond acceptors (Lipinski definition) is 7. The molecular weight excluding hydrogens is 506 g/mol. The molecule has 1 aliphatic rings. The molecule has 12 heteroatoms. The number of ether oxygens (including phenoxy) is 1. The summed E-state index contributed by atoms with van der Waals surface area (Å²) in [6.45, 7) is 2.28. The third-order valence-electron chi connectivity index (χ3n) is 6.02. The number of carbonyl (C=O) groups is 1. The second kappa shape index (κ2) is 9.21. The van der Waals surface area contributed by atoms with Gasteiger partial charge in [0.05, 0.1) is 47.8 Å². The number of nitrogens with one attached hydrogen (secondary N) is 1. The van der Waals surface area contributed by atoms with E-state index in [2.05, 4.69) is 10.1 Å². The van der Waals surface area contributed by atoms with Gasteiger partial charge in [0.1, 0.15) is 11.3 Å². The number of benzene rings is 1. The van der Waals surface area contributed by atoms with Crippen molar-refractivity contribution in [2.75, 3.05) is 12.9 Å². The molecule has 1 aliphatic carbocycles. The second-order valence-electron chi connectivity index (χ2n) is 9.09. The molecule has 5 rings (SSSR count). The van der Waals surface area contributed by atoms with Gasteiger partial charge in [0, 0.05) is 17.6 Å². The fraction of sp³-hybridized carbons (Fsp3) is 0.333. The monoisotopic (exact) mass is 529 g/mol. The van der Waals surface area contributed by atoms with Gasteiger partial charge >= 0.3 is 0 Å². The van der Waals surface area contributed by atoms with Crippen LogP contribution in [-0.2, 0) is 21.4 Å². The highest BCUT2D eigenvalue weighted by molar-refractivity contribution is 7.89. The number of rotatable bonds is 8. The fourth-order valence-corrected chi connectivity index (χ4v) is 4.67. The van der Waals surface area contributed by atoms with Gasteiger partial charge in [-0.15, -0.1) is 0 Å². The minimum atomic E-state index is -3.79. The molecule has 10 nitrogen and oxygen atoms in total. The Kier molecular flexibility index (Phi) is 6.21. The van der Waals surface area contributed by atoms with Gasteiger partial charge in [0.15, 0.2) is 5.75 Å². The number of aromatic nitrogens is 4. The van der Waals surface area contributed by atoms with Crippen molar-refractivity contribution in [3.63, 3.8) is 0 Å². The minimum absolute atomic E-state index is 0.0579. The van der Waals surface area contributed by atoms with Gasteiger partial charge < -0.3 is 9.14 Å². The molecule has 1 fully saturated rings. The lowest BCUT2D eigenvalue weighted by atomic mass is 10.0. The van der Waals surface area contributed by atoms with Gasteiger partial charge in [-0.3, -0.25) is 19.0 Å². The van der Waals surface area contributed by atoms with Crippen LogP contribution in [0.3, 0.4) is 0 Å². The number of para-hydroxylation sites is 1. The van der Waals surface area contributed by atoms with E-state index in [0.717, 1.165) is 6.26 Å². The van der Waals surface area contributed by atoms with Crippen LogP contribution in [0, 0.1) is 5.92 Å². The number of hydrogen-bond donors (Lipinski definition) is 1. The number of sulfonamides is 1. The lowest BCUT2D eigenvalue weighted by molar-refractivity contribution is -0.120. The summed E-state index contributed by atoms with van der Waals surface area (Å²) in [6, 6.07) is 8.63. The van der Waals surface area contributed by atoms with Crippen LogP contribution in [0.2, 0.25) is 5.02 Å². The molecule has 3 heterocycles. The number of halogens is 1. The van der Waals surface area contributed by atoms with Crippen LogP contribution in [0.5, 0.6) is 5.75 Å². The molecule has 1 amide bonds. The van der Waals surface area contributed by atoms with E-state index in [9.17, 15) is 18.0 Å². The molecule has 0 spiro atoms. The van der Waals surface area contributed by atoms with E-state index >= 15 is 0 Å². The molecular formula is C24H24ClN5O5S. The van der Waals surface area contributed by atoms with Crippen LogP contribution < -0.4 is 14.9 Å². The maximum absolute atomic E-state index is 13.1. The standard InChI is InChI=1S/C24H24ClN5O5S/c1-14(24(32)28-36(2,33)34)22-23(31)17-5-3-4-6-19(17)30(27-22)11-16-10-29-12-20(35-13-15-7-8-15)18(25)9-21(29)26-16/h3-6,9-10,12,14-15H,7-8,11,13H2,1-2H3,(H,28,32). The average Bonchev–Trinajstić information content (AvgIpc) is 3.57. The minimum Gasteiger partial charge on any atom is -0.490 e. The van der Waals surface area contributed by atoms with Crippen LogP contribution in [0.4, 0.5) is 0 Å². The summed E-state index contributed by atoms with van der Waals surface area (Å²) in [5, 5.41) is 5.29. The Hall–Kier alpha value is -3.44. The smallest absolute Gasteiger partial charge is 0.242 e. The van der Waals surface area contributed by atoms with E-state index in [0.29, 0.717) is 45.5 Å². The largest absolute Gasteiger partial charge is 0.490 e. The summed E-state index contributed by atoms with van der Waals surface area (Å²) in [4.78, 5) is 30.2. The van der Waals surface area contributed by atoms with Crippen molar-refractivity contribution in [2.24, 2.45) is 5.92 Å². The summed E-state index contributed by atoms with van der Waals surface area (Å²) < 4.78 is 34.2. The Morgan fingerprint density at radius 2 is 2.03 bits per heavy atom. The first-order valence-electron chi connectivity index (χ1n) is 11.4. The first-order chi connectivity index (χ1) is 17.1. The normalized spacial score (nSPS) is 14.8. The predicted octanol–water partition coefficient (Wildman–Crippen LogP) is 2.71. The van der Waals surface area contributed by atoms with Gasteiger partial charge in [0.25, 0.3) is 0 Å². The lowest BCUT2D eigenvalue weighted by Gasteiger charge is -2.15. The Morgan fingerprint density at radius 3 is 2.75 bits per heavy atom. The molecule has 0 bridgehead atoms. The average molecular weight is 530 g/mol. The fourth-order valence-electron chi connectivity index (χ4n) is 3.93. The second-order valence-corrected chi connectivity index (χ2v) is 11.2. The van der Waals surface area contributed by atoms with Gasteiger partial charge in [-0.1, -0.05) is 23.7 Å². The summed E-state index contributed by atoms with van der Waals surface area (Å²) in [6.07, 6.45) is 6.83. The number of carbonyl (C=O) groups excluding carboxylic acids is 1. The molecule has 0 radical (unpaired) electrons. The van der Waals surface area contributed by atoms with Crippen molar-refractivity contribution in [3.8, 4) is 5.75 Å². The van der Waals surface area contributed by atoms with E-state index in [1.54, 1.807) is 41.2 Å². The molecule has 4 aromatic rings. The summed E-state index contributed by atoms with van der Waals surface area (Å²) in [5.41, 5.74) is 1.34. The zero-order valence-electron chi connectivity index (χ0n) is 19.6. The van der Waals surface area contributed by atoms with E-state index < -0.39 is 27.3 Å². The Labute approximate surface area is 211 Å². The number of imidazole rings is 1. The van der Waals surface area contributed by atoms with E-state index in [1.165, 1.54) is 19.8 Å². The molecule has 1 atom stereocenters. The van der Waals surface area contributed by atoms with Crippen molar-refractivity contribution in [3.05, 3.63) is 69.4 Å². The molecule has 0 saturated heterocycles. The third-order valence-corrected chi connectivity index (χ3v) is 6.89. The molecule has 3 aromatic heterocycles. The van der Waals surface area contributed by atoms with E-state index in [-0.39, 0.29) is 12.2 Å². The maximum Gasteiger partial charge on any atom is 0.242 e. The van der Waals surface area contributed by atoms with Gasteiger partial charge in [0.2, 0.25) is 21.4 Å². The molecule has 188 valence electrons. The number of fused-ring (bicyclic) bond motifs is 2. The van der Waals surface area contributed by atoms with Crippen LogP contribution in [-0.4, -0.2) is 46.4 Å². The highest BCUT2D eigenvalue weighted by Crippen LogP contribution is 2.32. The summed E-state index contributed by atoms with van der Waals surface area (Å²) in [5.74, 6) is -0.745. The summed E-state index contributed by atoms with van der Waals surface area (Å²) >= 11 is 6.39. The van der Waals surface area contributed by atoms with Gasteiger partial charge in [-0.25, -0.2) is 13.4 Å². The summed E-state index contributed by atoms with van der Waals surface area (Å²) in [7, 11) is -3.79. The molecule has 1 unspecified atom stereocenters. The van der Waals surface area contributed by atoms with E-state index in [1.807, 2.05) is 15.3 Å². The molecule has 36 heavy (non-hydrogen) atoms. The molecule has 1 N–H and O–H groups in total. The van der Waals surface area contributed by atoms with Gasteiger partial charge in [-0.05, 0) is 37.8 Å². The lowest BCUT2D eigenvalue weighted by Crippen LogP contribution is -2.35. The highest BCUT2D eigenvalue weighted by Gasteiger charge is 2.25. The predicted molar refractivity (Wildman–Crippen MR) is 135 cm³/mol. The van der Waals surface area contributed by atoms with Crippen molar-refractivity contribution in [2.45, 2.75) is 32.2 Å². The maximum atomic E-state index is 13.1. The van der Waals surface area contributed by atoms with Crippen LogP contribution >= 0.6 is 11.6 Å². The number of amides is 1. The van der Waals surface area contributed by atoms with Crippen molar-refractivity contribution in [1.29, 1.82) is 0 Å². The van der Waals surface area contributed by atoms with Crippen LogP contribution in [0.25, 0.3) is 16.6 Å². The number of pyridine rings is 1. The molecule has 1 saturated carbocycles. The quantitative estimate of drug-likeness (QED) is 0.372.